The number of carbonyl (C=O) groups is 3. The van der Waals surface area contributed by atoms with Crippen molar-refractivity contribution in [1.29, 1.82) is 0 Å². The number of halogens is 1. The van der Waals surface area contributed by atoms with E-state index in [4.69, 9.17) is 9.47 Å². The van der Waals surface area contributed by atoms with Crippen LogP contribution in [0.3, 0.4) is 0 Å². The molecular weight excluding hydrogens is 614 g/mol. The summed E-state index contributed by atoms with van der Waals surface area (Å²) in [5.74, 6) is -1.98. The number of hydrogen-bond acceptors (Lipinski definition) is 6. The van der Waals surface area contributed by atoms with Crippen molar-refractivity contribution >= 4 is 39.3 Å². The van der Waals surface area contributed by atoms with Gasteiger partial charge >= 0.3 is 0 Å². The van der Waals surface area contributed by atoms with Gasteiger partial charge in [-0.25, -0.2) is 0 Å². The molecule has 1 spiro atoms. The predicted octanol–water partition coefficient (Wildman–Crippen LogP) is 3.21. The van der Waals surface area contributed by atoms with E-state index in [2.05, 4.69) is 29.1 Å². The molecule has 3 aliphatic rings. The maximum absolute atomic E-state index is 14.8. The van der Waals surface area contributed by atoms with Crippen molar-refractivity contribution < 1.29 is 29.0 Å². The Kier molecular flexibility index (Phi) is 9.10. The molecule has 2 bridgehead atoms. The highest BCUT2D eigenvalue weighted by atomic mass is 79.9. The number of anilines is 1. The topological polar surface area (TPSA) is 99.6 Å². The molecule has 10 heteroatoms. The SMILES string of the molecule is C=CCN(C)C(=O)[C@H]1[C@@H]2OC3(CC2Br)C(C(=O)N(CC=C)c2ccc(OC)cc2)N([C@@H](CO)Cc2ccccc2)C(=O)[C@H]13. The van der Waals surface area contributed by atoms with E-state index in [9.17, 15) is 19.5 Å². The third-order valence-corrected chi connectivity index (χ3v) is 9.75. The number of alkyl halides is 1. The van der Waals surface area contributed by atoms with E-state index in [0.29, 0.717) is 30.8 Å². The average Bonchev–Trinajstić information content (AvgIpc) is 3.62. The Morgan fingerprint density at radius 2 is 1.81 bits per heavy atom. The summed E-state index contributed by atoms with van der Waals surface area (Å²) in [4.78, 5) is 47.6. The second-order valence-electron chi connectivity index (χ2n) is 11.4. The summed E-state index contributed by atoms with van der Waals surface area (Å²) in [5.41, 5.74) is 0.246. The quantitative estimate of drug-likeness (QED) is 0.280. The first-order valence-corrected chi connectivity index (χ1v) is 15.3. The van der Waals surface area contributed by atoms with Crippen molar-refractivity contribution in [2.45, 2.75) is 41.5 Å². The molecule has 2 aromatic rings. The van der Waals surface area contributed by atoms with E-state index in [1.807, 2.05) is 30.3 Å². The summed E-state index contributed by atoms with van der Waals surface area (Å²) >= 11 is 3.73. The Hall–Kier alpha value is -3.47. The van der Waals surface area contributed by atoms with Crippen LogP contribution in [-0.4, -0.2) is 95.1 Å². The van der Waals surface area contributed by atoms with E-state index < -0.39 is 35.6 Å². The molecule has 3 heterocycles. The number of rotatable bonds is 12. The Bertz CT molecular complexity index is 1370. The van der Waals surface area contributed by atoms with Crippen LogP contribution >= 0.6 is 15.9 Å². The first kappa shape index (κ1) is 31.0. The number of aliphatic hydroxyl groups is 1. The van der Waals surface area contributed by atoms with Gasteiger partial charge in [-0.05, 0) is 42.7 Å². The van der Waals surface area contributed by atoms with Gasteiger partial charge < -0.3 is 29.3 Å². The van der Waals surface area contributed by atoms with Gasteiger partial charge in [-0.1, -0.05) is 58.4 Å². The Balaban J connectivity index is 1.62. The van der Waals surface area contributed by atoms with Crippen molar-refractivity contribution in [2.75, 3.05) is 38.8 Å². The number of benzene rings is 2. The summed E-state index contributed by atoms with van der Waals surface area (Å²) < 4.78 is 12.0. The van der Waals surface area contributed by atoms with Gasteiger partial charge in [0.15, 0.2) is 0 Å². The Morgan fingerprint density at radius 3 is 2.42 bits per heavy atom. The lowest BCUT2D eigenvalue weighted by molar-refractivity contribution is -0.146. The molecule has 3 aliphatic heterocycles. The van der Waals surface area contributed by atoms with Crippen molar-refractivity contribution in [1.82, 2.24) is 9.80 Å². The van der Waals surface area contributed by atoms with Crippen molar-refractivity contribution in [3.63, 3.8) is 0 Å². The second-order valence-corrected chi connectivity index (χ2v) is 12.6. The Labute approximate surface area is 260 Å². The van der Waals surface area contributed by atoms with Crippen molar-refractivity contribution in [3.05, 3.63) is 85.5 Å². The summed E-state index contributed by atoms with van der Waals surface area (Å²) in [6, 6.07) is 14.8. The molecule has 1 N–H and O–H groups in total. The van der Waals surface area contributed by atoms with Gasteiger partial charge in [0.25, 0.3) is 5.91 Å². The molecule has 0 aromatic heterocycles. The molecule has 3 amide bonds. The molecule has 0 saturated carbocycles. The highest BCUT2D eigenvalue weighted by molar-refractivity contribution is 9.09. The fourth-order valence-corrected chi connectivity index (χ4v) is 8.00. The van der Waals surface area contributed by atoms with Gasteiger partial charge in [0, 0.05) is 30.7 Å². The van der Waals surface area contributed by atoms with Crippen LogP contribution in [0.4, 0.5) is 5.69 Å². The zero-order valence-electron chi connectivity index (χ0n) is 24.5. The molecule has 3 saturated heterocycles. The maximum Gasteiger partial charge on any atom is 0.253 e. The molecular formula is C33H38BrN3O6. The van der Waals surface area contributed by atoms with Crippen molar-refractivity contribution in [2.24, 2.45) is 11.8 Å². The van der Waals surface area contributed by atoms with Crippen LogP contribution in [0.25, 0.3) is 0 Å². The van der Waals surface area contributed by atoms with Crippen LogP contribution in [0.15, 0.2) is 79.9 Å². The summed E-state index contributed by atoms with van der Waals surface area (Å²) in [7, 11) is 3.24. The van der Waals surface area contributed by atoms with Gasteiger partial charge in [0.1, 0.15) is 17.4 Å². The second kappa shape index (κ2) is 12.6. The summed E-state index contributed by atoms with van der Waals surface area (Å²) in [6.07, 6.45) is 3.37. The fourth-order valence-electron chi connectivity index (χ4n) is 7.06. The van der Waals surface area contributed by atoms with Crippen LogP contribution in [0, 0.1) is 11.8 Å². The number of aliphatic hydroxyl groups excluding tert-OH is 1. The fraction of sp³-hybridized carbons (Fsp3) is 0.424. The minimum atomic E-state index is -1.27. The number of amides is 3. The van der Waals surface area contributed by atoms with E-state index in [0.717, 1.165) is 5.56 Å². The standard InChI is InChI=1S/C33H38BrN3O6/c1-5-16-35(3)30(39)26-27-31(40)37(23(20-38)18-21-10-8-7-9-11-21)29(33(27)19-25(34)28(26)43-33)32(41)36(17-6-2)22-12-14-24(42-4)15-13-22/h5-15,23,25-29,38H,1-2,16-20H2,3-4H3/t23-,25?,26-,27+,28-,29?,33?/m1/s1. The summed E-state index contributed by atoms with van der Waals surface area (Å²) in [5, 5.41) is 10.7. The molecule has 3 unspecified atom stereocenters. The van der Waals surface area contributed by atoms with Crippen LogP contribution < -0.4 is 9.64 Å². The van der Waals surface area contributed by atoms with Gasteiger partial charge in [-0.2, -0.15) is 0 Å². The average molecular weight is 653 g/mol. The number of fused-ring (bicyclic) bond motifs is 1. The monoisotopic (exact) mass is 651 g/mol. The largest absolute Gasteiger partial charge is 0.497 e. The number of likely N-dealkylation sites (N-methyl/N-ethyl adjacent to an activating group) is 1. The highest BCUT2D eigenvalue weighted by Crippen LogP contribution is 2.61. The van der Waals surface area contributed by atoms with Crippen LogP contribution in [0.2, 0.25) is 0 Å². The minimum absolute atomic E-state index is 0.179. The predicted molar refractivity (Wildman–Crippen MR) is 167 cm³/mol. The van der Waals surface area contributed by atoms with E-state index >= 15 is 0 Å². The summed E-state index contributed by atoms with van der Waals surface area (Å²) in [6.45, 7) is 7.74. The zero-order valence-corrected chi connectivity index (χ0v) is 26.1. The minimum Gasteiger partial charge on any atom is -0.497 e. The van der Waals surface area contributed by atoms with Crippen molar-refractivity contribution in [3.8, 4) is 5.75 Å². The number of likely N-dealkylation sites (tertiary alicyclic amines) is 1. The first-order chi connectivity index (χ1) is 20.7. The molecule has 5 rings (SSSR count). The van der Waals surface area contributed by atoms with E-state index in [1.165, 1.54) is 9.80 Å². The van der Waals surface area contributed by atoms with Gasteiger partial charge in [0.2, 0.25) is 11.8 Å². The van der Waals surface area contributed by atoms with E-state index in [1.54, 1.807) is 55.5 Å². The number of nitrogens with zero attached hydrogens (tertiary/aromatic N) is 3. The van der Waals surface area contributed by atoms with Crippen LogP contribution in [0.5, 0.6) is 5.75 Å². The third kappa shape index (κ3) is 5.30. The third-order valence-electron chi connectivity index (χ3n) is 8.91. The molecule has 3 fully saturated rings. The highest BCUT2D eigenvalue weighted by Gasteiger charge is 2.77. The lowest BCUT2D eigenvalue weighted by Gasteiger charge is -2.39. The molecule has 43 heavy (non-hydrogen) atoms. The maximum atomic E-state index is 14.8. The molecule has 0 aliphatic carbocycles. The normalized spacial score (nSPS) is 27.9. The zero-order chi connectivity index (χ0) is 30.9. The lowest BCUT2D eigenvalue weighted by Crippen LogP contribution is -2.59. The Morgan fingerprint density at radius 1 is 1.14 bits per heavy atom. The van der Waals surface area contributed by atoms with Gasteiger partial charge in [-0.3, -0.25) is 14.4 Å². The lowest BCUT2D eigenvalue weighted by atomic mass is 9.70. The number of methoxy groups -OCH3 is 1. The number of ether oxygens (including phenoxy) is 2. The van der Waals surface area contributed by atoms with Gasteiger partial charge in [-0.15, -0.1) is 13.2 Å². The first-order valence-electron chi connectivity index (χ1n) is 14.4. The molecule has 2 aromatic carbocycles. The van der Waals surface area contributed by atoms with E-state index in [-0.39, 0.29) is 35.7 Å². The molecule has 9 nitrogen and oxygen atoms in total. The number of hydrogen-bond donors (Lipinski definition) is 1. The molecule has 0 radical (unpaired) electrons. The smallest absolute Gasteiger partial charge is 0.253 e. The van der Waals surface area contributed by atoms with Crippen LogP contribution in [0.1, 0.15) is 12.0 Å². The van der Waals surface area contributed by atoms with Crippen LogP contribution in [-0.2, 0) is 25.5 Å². The molecule has 7 atom stereocenters. The molecule has 228 valence electrons. The number of carbonyl (C=O) groups excluding carboxylic acids is 3. The van der Waals surface area contributed by atoms with Gasteiger partial charge in [0.05, 0.1) is 37.7 Å².